The van der Waals surface area contributed by atoms with E-state index in [0.29, 0.717) is 0 Å². The van der Waals surface area contributed by atoms with Crippen molar-refractivity contribution >= 4 is 19.0 Å². The molecule has 0 rings (SSSR count). The molecule has 4 N–H and O–H groups in total. The van der Waals surface area contributed by atoms with Crippen molar-refractivity contribution in [2.75, 3.05) is 0 Å². The molecule has 0 saturated carbocycles. The molecule has 7 heavy (non-hydrogen) atoms. The first-order valence-electron chi connectivity index (χ1n) is 0.667. The second-order valence-corrected chi connectivity index (χ2v) is 2.74. The number of hydrogen-bond acceptors (Lipinski definition) is 4. The second kappa shape index (κ2) is 5.10. The number of quaternary nitrogens is 1. The molecule has 0 atom stereocenters. The Morgan fingerprint density at radius 1 is 1.14 bits per heavy atom. The van der Waals surface area contributed by atoms with E-state index in [2.05, 4.69) is 0 Å². The summed E-state index contributed by atoms with van der Waals surface area (Å²) in [4.78, 5) is 0. The first-order valence-corrected chi connectivity index (χ1v) is 4.47. The van der Waals surface area contributed by atoms with E-state index in [1.165, 1.54) is 0 Å². The minimum absolute atomic E-state index is 0. The average molecular weight is 306 g/mol. The molecule has 0 bridgehead atoms. The van der Waals surface area contributed by atoms with E-state index in [0.717, 1.165) is 0 Å². The van der Waals surface area contributed by atoms with Crippen LogP contribution in [0, 0.1) is 0 Å². The van der Waals surface area contributed by atoms with Gasteiger partial charge in [0.05, 0.1) is 0 Å². The third-order valence-corrected chi connectivity index (χ3v) is 0. The van der Waals surface area contributed by atoms with Crippen LogP contribution < -0.4 is 13.1 Å². The molecule has 7 heteroatoms. The quantitative estimate of drug-likeness (QED) is 0.493. The van der Waals surface area contributed by atoms with Gasteiger partial charge in [0, 0.05) is 21.1 Å². The van der Waals surface area contributed by atoms with Gasteiger partial charge in [-0.15, -0.1) is 0 Å². The molecule has 0 saturated heterocycles. The predicted octanol–water partition coefficient (Wildman–Crippen LogP) is -2.62. The van der Waals surface area contributed by atoms with Gasteiger partial charge in [-0.1, -0.05) is 0 Å². The summed E-state index contributed by atoms with van der Waals surface area (Å²) < 4.78 is 34.5. The predicted molar refractivity (Wildman–Crippen MR) is 13.1 cm³/mol. The van der Waals surface area contributed by atoms with Crippen molar-refractivity contribution in [3.05, 3.63) is 0 Å². The minimum atomic E-state index is -6.02. The van der Waals surface area contributed by atoms with Crippen molar-refractivity contribution in [1.29, 1.82) is 0 Å². The van der Waals surface area contributed by atoms with Gasteiger partial charge in [-0.3, -0.25) is 0 Å². The van der Waals surface area contributed by atoms with E-state index in [9.17, 15) is 0 Å². The molecular formula is H4MoNO4Te-. The number of hydrogen-bond donors (Lipinski definition) is 1. The molecule has 0 heterocycles. The Hall–Kier alpha value is 0.958. The van der Waals surface area contributed by atoms with Gasteiger partial charge in [0.2, 0.25) is 0 Å². The molecule has 0 unspecified atom stereocenters. The van der Waals surface area contributed by atoms with E-state index < -0.39 is 19.0 Å². The summed E-state index contributed by atoms with van der Waals surface area (Å²) in [6.45, 7) is 0. The van der Waals surface area contributed by atoms with Crippen molar-refractivity contribution in [3.8, 4) is 0 Å². The van der Waals surface area contributed by atoms with Crippen molar-refractivity contribution in [1.82, 2.24) is 6.15 Å². The third kappa shape index (κ3) is 186. The Balaban J connectivity index is -0.0000000800. The molecule has 0 fully saturated rings. The van der Waals surface area contributed by atoms with Gasteiger partial charge < -0.3 is 6.15 Å². The summed E-state index contributed by atoms with van der Waals surface area (Å²) in [6, 6.07) is 0. The fourth-order valence-corrected chi connectivity index (χ4v) is 0. The van der Waals surface area contributed by atoms with Crippen molar-refractivity contribution in [2.45, 2.75) is 0 Å². The zero-order chi connectivity index (χ0) is 4.50. The molecule has 0 spiro atoms. The van der Waals surface area contributed by atoms with Crippen molar-refractivity contribution < 1.29 is 34.2 Å². The van der Waals surface area contributed by atoms with E-state index >= 15 is 0 Å². The van der Waals surface area contributed by atoms with Crippen molar-refractivity contribution in [2.24, 2.45) is 0 Å². The molecule has 0 radical (unpaired) electrons. The molecule has 0 aromatic rings. The van der Waals surface area contributed by atoms with Crippen LogP contribution in [0.5, 0.6) is 0 Å². The Bertz CT molecular complexity index is 94.9. The SMILES string of the molecule is O=[Te](=O)([O-])[O-].[Mo].[NH4+]. The molecule has 0 aliphatic heterocycles. The summed E-state index contributed by atoms with van der Waals surface area (Å²) in [5, 5.41) is 0. The molecule has 0 amide bonds. The zero-order valence-electron chi connectivity index (χ0n) is 3.45. The van der Waals surface area contributed by atoms with Crippen LogP contribution in [0.25, 0.3) is 0 Å². The molecule has 0 aliphatic carbocycles. The maximum absolute atomic E-state index is 8.63. The summed E-state index contributed by atoms with van der Waals surface area (Å²) in [5.41, 5.74) is 0. The summed E-state index contributed by atoms with van der Waals surface area (Å²) in [5.74, 6) is 0. The maximum Gasteiger partial charge on any atom is 0 e. The topological polar surface area (TPSA) is 117 Å². The summed E-state index contributed by atoms with van der Waals surface area (Å²) >= 11 is -6.02. The maximum atomic E-state index is 8.63. The van der Waals surface area contributed by atoms with Crippen LogP contribution in [-0.2, 0) is 27.3 Å². The van der Waals surface area contributed by atoms with Gasteiger partial charge in [0.1, 0.15) is 0 Å². The first kappa shape index (κ1) is 15.7. The third-order valence-electron chi connectivity index (χ3n) is 0. The normalized spacial score (nSPS) is 8.29. The van der Waals surface area contributed by atoms with Crippen LogP contribution in [0.4, 0.5) is 0 Å². The molecule has 0 aromatic carbocycles. The van der Waals surface area contributed by atoms with Crippen LogP contribution in [0.2, 0.25) is 0 Å². The minimum Gasteiger partial charge on any atom is -0.369 e. The standard InChI is InChI=1S/Mo.H3N.H2O4Te/c;;1-5(2,3)4/h;1H3;(H2,1,2,3,4)/p-1. The van der Waals surface area contributed by atoms with Gasteiger partial charge in [0.25, 0.3) is 0 Å². The van der Waals surface area contributed by atoms with Crippen molar-refractivity contribution in [3.63, 3.8) is 0 Å². The smallest absolute Gasteiger partial charge is 0 e. The first-order chi connectivity index (χ1) is 2.00. The summed E-state index contributed by atoms with van der Waals surface area (Å²) in [6.07, 6.45) is 0. The molecule has 46 valence electrons. The average Bonchev–Trinajstić information content (AvgIpc) is 0.722. The monoisotopic (exact) mass is 310 g/mol. The zero-order valence-corrected chi connectivity index (χ0v) is 7.79. The van der Waals surface area contributed by atoms with Crippen LogP contribution in [0.1, 0.15) is 0 Å². The van der Waals surface area contributed by atoms with Crippen LogP contribution >= 0.6 is 0 Å². The Kier molecular flexibility index (Phi) is 11.4. The van der Waals surface area contributed by atoms with Gasteiger partial charge in [-0.05, 0) is 0 Å². The molecule has 5 nitrogen and oxygen atoms in total. The van der Waals surface area contributed by atoms with E-state index in [1.54, 1.807) is 0 Å². The van der Waals surface area contributed by atoms with Crippen LogP contribution in [-0.4, -0.2) is 19.0 Å². The van der Waals surface area contributed by atoms with E-state index in [-0.39, 0.29) is 27.2 Å². The Morgan fingerprint density at radius 2 is 1.14 bits per heavy atom. The van der Waals surface area contributed by atoms with Gasteiger partial charge in [0.15, 0.2) is 0 Å². The van der Waals surface area contributed by atoms with E-state index in [1.807, 2.05) is 0 Å². The molecular weight excluding hydrogens is 302 g/mol. The Labute approximate surface area is 59.2 Å². The number of rotatable bonds is 0. The fourth-order valence-electron chi connectivity index (χ4n) is 0. The molecule has 0 aromatic heterocycles. The van der Waals surface area contributed by atoms with Crippen LogP contribution in [0.3, 0.4) is 0 Å². The summed E-state index contributed by atoms with van der Waals surface area (Å²) in [7, 11) is 0. The van der Waals surface area contributed by atoms with Gasteiger partial charge in [-0.2, -0.15) is 0 Å². The van der Waals surface area contributed by atoms with Crippen LogP contribution in [0.15, 0.2) is 0 Å². The van der Waals surface area contributed by atoms with Gasteiger partial charge in [-0.25, -0.2) is 0 Å². The molecule has 0 aliphatic rings. The van der Waals surface area contributed by atoms with Gasteiger partial charge >= 0.3 is 32.1 Å². The Morgan fingerprint density at radius 3 is 1.14 bits per heavy atom. The fraction of sp³-hybridized carbons (Fsp3) is 0. The van der Waals surface area contributed by atoms with E-state index in [4.69, 9.17) is 13.2 Å². The second-order valence-electron chi connectivity index (χ2n) is 0.408. The largest absolute Gasteiger partial charge is 0.369 e.